The Kier molecular flexibility index (Phi) is 8.84. The van der Waals surface area contributed by atoms with E-state index in [0.717, 1.165) is 42.9 Å². The Morgan fingerprint density at radius 1 is 1.08 bits per heavy atom. The van der Waals surface area contributed by atoms with Crippen molar-refractivity contribution in [3.8, 4) is 11.5 Å². The van der Waals surface area contributed by atoms with Crippen LogP contribution in [0.15, 0.2) is 48.0 Å². The van der Waals surface area contributed by atoms with E-state index in [1.165, 1.54) is 0 Å². The van der Waals surface area contributed by atoms with E-state index >= 15 is 0 Å². The zero-order chi connectivity index (χ0) is 26.4. The van der Waals surface area contributed by atoms with Gasteiger partial charge in [0.1, 0.15) is 17.3 Å². The number of hydrogen-bond acceptors (Lipinski definition) is 7. The summed E-state index contributed by atoms with van der Waals surface area (Å²) >= 11 is 0. The highest BCUT2D eigenvalue weighted by Gasteiger charge is 2.45. The quantitative estimate of drug-likeness (QED) is 0.295. The van der Waals surface area contributed by atoms with Gasteiger partial charge in [0.2, 0.25) is 0 Å². The van der Waals surface area contributed by atoms with E-state index in [2.05, 4.69) is 4.90 Å². The molecule has 2 fully saturated rings. The van der Waals surface area contributed by atoms with Gasteiger partial charge in [0, 0.05) is 31.7 Å². The highest BCUT2D eigenvalue weighted by molar-refractivity contribution is 6.46. The SMILES string of the molecule is CCCOc1ccc(/C(O)=C2\C(=O)C(=O)N(CCCN3CCOCC3)C2c2ccc(OC)cc2)cc1C. The molecule has 2 heterocycles. The number of aliphatic hydroxyl groups excluding tert-OH is 1. The molecule has 8 heteroatoms. The van der Waals surface area contributed by atoms with Gasteiger partial charge in [0.05, 0.1) is 38.5 Å². The molecule has 0 aliphatic carbocycles. The standard InChI is InChI=1S/C29H36N2O6/c1-4-16-37-24-11-8-22(19-20(24)2)27(32)25-26(21-6-9-23(35-3)10-7-21)31(29(34)28(25)33)13-5-12-30-14-17-36-18-15-30/h6-11,19,26,32H,4-5,12-18H2,1-3H3/b27-25+. The normalized spacial score (nSPS) is 19.9. The molecule has 1 unspecified atom stereocenters. The molecule has 2 aliphatic rings. The van der Waals surface area contributed by atoms with Gasteiger partial charge in [-0.3, -0.25) is 14.5 Å². The monoisotopic (exact) mass is 508 g/mol. The third-order valence-corrected chi connectivity index (χ3v) is 6.86. The number of morpholine rings is 1. The lowest BCUT2D eigenvalue weighted by molar-refractivity contribution is -0.140. The van der Waals surface area contributed by atoms with Crippen molar-refractivity contribution >= 4 is 17.4 Å². The summed E-state index contributed by atoms with van der Waals surface area (Å²) in [5, 5.41) is 11.4. The van der Waals surface area contributed by atoms with Gasteiger partial charge in [-0.25, -0.2) is 0 Å². The lowest BCUT2D eigenvalue weighted by Gasteiger charge is -2.29. The molecule has 2 aromatic carbocycles. The van der Waals surface area contributed by atoms with E-state index in [-0.39, 0.29) is 11.3 Å². The highest BCUT2D eigenvalue weighted by Crippen LogP contribution is 2.40. The number of hydrogen-bond donors (Lipinski definition) is 1. The minimum absolute atomic E-state index is 0.100. The second-order valence-corrected chi connectivity index (χ2v) is 9.40. The summed E-state index contributed by atoms with van der Waals surface area (Å²) in [6.07, 6.45) is 1.60. The maximum absolute atomic E-state index is 13.3. The van der Waals surface area contributed by atoms with Gasteiger partial charge >= 0.3 is 0 Å². The summed E-state index contributed by atoms with van der Waals surface area (Å²) in [7, 11) is 1.59. The molecule has 37 heavy (non-hydrogen) atoms. The number of ketones is 1. The van der Waals surface area contributed by atoms with Crippen molar-refractivity contribution in [3.63, 3.8) is 0 Å². The first-order chi connectivity index (χ1) is 17.9. The summed E-state index contributed by atoms with van der Waals surface area (Å²) in [6.45, 7) is 8.87. The van der Waals surface area contributed by atoms with Gasteiger partial charge in [-0.05, 0) is 61.2 Å². The molecular weight excluding hydrogens is 472 g/mol. The van der Waals surface area contributed by atoms with Crippen LogP contribution in [0.5, 0.6) is 11.5 Å². The number of Topliss-reactive ketones (excluding diaryl/α,β-unsaturated/α-hetero) is 1. The van der Waals surface area contributed by atoms with Crippen molar-refractivity contribution in [1.29, 1.82) is 0 Å². The van der Waals surface area contributed by atoms with Crippen molar-refractivity contribution in [2.75, 3.05) is 53.1 Å². The second-order valence-electron chi connectivity index (χ2n) is 9.40. The summed E-state index contributed by atoms with van der Waals surface area (Å²) in [5.74, 6) is -0.0439. The lowest BCUT2D eigenvalue weighted by Crippen LogP contribution is -2.38. The molecule has 0 radical (unpaired) electrons. The zero-order valence-electron chi connectivity index (χ0n) is 21.9. The molecule has 2 saturated heterocycles. The number of ether oxygens (including phenoxy) is 3. The fraction of sp³-hybridized carbons (Fsp3) is 0.448. The smallest absolute Gasteiger partial charge is 0.295 e. The molecule has 2 aromatic rings. The summed E-state index contributed by atoms with van der Waals surface area (Å²) < 4.78 is 16.5. The summed E-state index contributed by atoms with van der Waals surface area (Å²) in [5.41, 5.74) is 2.17. The number of aliphatic hydroxyl groups is 1. The number of carbonyl (C=O) groups is 2. The number of methoxy groups -OCH3 is 1. The zero-order valence-corrected chi connectivity index (χ0v) is 21.9. The molecule has 1 atom stereocenters. The van der Waals surface area contributed by atoms with E-state index in [4.69, 9.17) is 14.2 Å². The lowest BCUT2D eigenvalue weighted by atomic mass is 9.94. The predicted molar refractivity (Wildman–Crippen MR) is 141 cm³/mol. The van der Waals surface area contributed by atoms with Crippen LogP contribution in [0.1, 0.15) is 42.5 Å². The van der Waals surface area contributed by atoms with Crippen LogP contribution in [-0.2, 0) is 14.3 Å². The molecule has 0 saturated carbocycles. The van der Waals surface area contributed by atoms with Crippen molar-refractivity contribution in [2.24, 2.45) is 0 Å². The van der Waals surface area contributed by atoms with Crippen molar-refractivity contribution in [3.05, 3.63) is 64.7 Å². The largest absolute Gasteiger partial charge is 0.507 e. The highest BCUT2D eigenvalue weighted by atomic mass is 16.5. The summed E-state index contributed by atoms with van der Waals surface area (Å²) in [6, 6.07) is 11.9. The van der Waals surface area contributed by atoms with E-state index in [1.807, 2.05) is 26.0 Å². The van der Waals surface area contributed by atoms with E-state index in [9.17, 15) is 14.7 Å². The second kappa shape index (κ2) is 12.3. The van der Waals surface area contributed by atoms with Gasteiger partial charge in [0.15, 0.2) is 0 Å². The average Bonchev–Trinajstić information content (AvgIpc) is 3.17. The Bertz CT molecular complexity index is 1140. The third kappa shape index (κ3) is 5.97. The van der Waals surface area contributed by atoms with Crippen LogP contribution in [0.25, 0.3) is 5.76 Å². The number of rotatable bonds is 10. The Morgan fingerprint density at radius 3 is 2.46 bits per heavy atom. The Balaban J connectivity index is 1.67. The van der Waals surface area contributed by atoms with Crippen molar-refractivity contribution in [2.45, 2.75) is 32.7 Å². The van der Waals surface area contributed by atoms with Crippen LogP contribution in [0.3, 0.4) is 0 Å². The number of aryl methyl sites for hydroxylation is 1. The average molecular weight is 509 g/mol. The molecule has 1 amide bonds. The van der Waals surface area contributed by atoms with Crippen molar-refractivity contribution < 1.29 is 28.9 Å². The molecule has 198 valence electrons. The van der Waals surface area contributed by atoms with Gasteiger partial charge in [-0.15, -0.1) is 0 Å². The first-order valence-electron chi connectivity index (χ1n) is 12.9. The van der Waals surface area contributed by atoms with E-state index in [0.29, 0.717) is 44.1 Å². The fourth-order valence-electron chi connectivity index (χ4n) is 4.86. The van der Waals surface area contributed by atoms with Gasteiger partial charge in [0.25, 0.3) is 11.7 Å². The fourth-order valence-corrected chi connectivity index (χ4v) is 4.86. The number of amides is 1. The van der Waals surface area contributed by atoms with E-state index < -0.39 is 17.7 Å². The Labute approximate surface area is 218 Å². The van der Waals surface area contributed by atoms with Crippen LogP contribution >= 0.6 is 0 Å². The minimum atomic E-state index is -0.688. The third-order valence-electron chi connectivity index (χ3n) is 6.86. The first kappa shape index (κ1) is 26.7. The number of carbonyl (C=O) groups excluding carboxylic acids is 2. The number of benzene rings is 2. The first-order valence-corrected chi connectivity index (χ1v) is 12.9. The van der Waals surface area contributed by atoms with Gasteiger partial charge in [-0.2, -0.15) is 0 Å². The van der Waals surface area contributed by atoms with Crippen LogP contribution in [0.2, 0.25) is 0 Å². The van der Waals surface area contributed by atoms with Crippen LogP contribution in [-0.4, -0.2) is 79.7 Å². The molecule has 2 aliphatic heterocycles. The van der Waals surface area contributed by atoms with Gasteiger partial charge < -0.3 is 24.2 Å². The maximum Gasteiger partial charge on any atom is 0.295 e. The molecule has 8 nitrogen and oxygen atoms in total. The van der Waals surface area contributed by atoms with Crippen LogP contribution < -0.4 is 9.47 Å². The maximum atomic E-state index is 13.3. The Hall–Kier alpha value is -3.36. The molecule has 0 aromatic heterocycles. The minimum Gasteiger partial charge on any atom is -0.507 e. The van der Waals surface area contributed by atoms with Gasteiger partial charge in [-0.1, -0.05) is 19.1 Å². The molecule has 0 spiro atoms. The predicted octanol–water partition coefficient (Wildman–Crippen LogP) is 3.94. The molecule has 1 N–H and O–H groups in total. The number of likely N-dealkylation sites (tertiary alicyclic amines) is 1. The topological polar surface area (TPSA) is 88.5 Å². The summed E-state index contributed by atoms with van der Waals surface area (Å²) in [4.78, 5) is 30.4. The van der Waals surface area contributed by atoms with Crippen LogP contribution in [0, 0.1) is 6.92 Å². The van der Waals surface area contributed by atoms with E-state index in [1.54, 1.807) is 42.3 Å². The Morgan fingerprint density at radius 2 is 1.81 bits per heavy atom. The number of nitrogens with zero attached hydrogens (tertiary/aromatic N) is 2. The van der Waals surface area contributed by atoms with Crippen LogP contribution in [0.4, 0.5) is 0 Å². The molecular formula is C29H36N2O6. The molecule has 4 rings (SSSR count). The van der Waals surface area contributed by atoms with Crippen molar-refractivity contribution in [1.82, 2.24) is 9.80 Å². The molecule has 0 bridgehead atoms.